The van der Waals surface area contributed by atoms with Gasteiger partial charge in [0.15, 0.2) is 0 Å². The van der Waals surface area contributed by atoms with Gasteiger partial charge in [-0.3, -0.25) is 0 Å². The highest BCUT2D eigenvalue weighted by Crippen LogP contribution is 2.33. The van der Waals surface area contributed by atoms with Crippen molar-refractivity contribution in [1.82, 2.24) is 0 Å². The van der Waals surface area contributed by atoms with E-state index in [1.54, 1.807) is 6.07 Å². The SMILES string of the molecule is FC(F)(F)c1cc(CI)ccc1CBr. The smallest absolute Gasteiger partial charge is 0.166 e. The zero-order valence-electron chi connectivity index (χ0n) is 7.04. The molecular weight excluding hydrogens is 372 g/mol. The fraction of sp³-hybridized carbons (Fsp3) is 0.333. The molecule has 0 aliphatic carbocycles. The Morgan fingerprint density at radius 3 is 2.36 bits per heavy atom. The summed E-state index contributed by atoms with van der Waals surface area (Å²) < 4.78 is 38.2. The van der Waals surface area contributed by atoms with Crippen molar-refractivity contribution in [2.45, 2.75) is 15.9 Å². The van der Waals surface area contributed by atoms with Crippen LogP contribution >= 0.6 is 38.5 Å². The summed E-state index contributed by atoms with van der Waals surface area (Å²) in [7, 11) is 0. The Bertz CT molecular complexity index is 322. The van der Waals surface area contributed by atoms with Crippen molar-refractivity contribution in [3.8, 4) is 0 Å². The van der Waals surface area contributed by atoms with Crippen LogP contribution in [0.25, 0.3) is 0 Å². The van der Waals surface area contributed by atoms with Gasteiger partial charge in [-0.15, -0.1) is 0 Å². The summed E-state index contributed by atoms with van der Waals surface area (Å²) in [6.07, 6.45) is -4.26. The highest BCUT2D eigenvalue weighted by atomic mass is 127. The van der Waals surface area contributed by atoms with Crippen molar-refractivity contribution in [1.29, 1.82) is 0 Å². The number of alkyl halides is 5. The molecule has 5 heteroatoms. The third-order valence-corrected chi connectivity index (χ3v) is 3.26. The van der Waals surface area contributed by atoms with E-state index in [0.717, 1.165) is 0 Å². The zero-order valence-corrected chi connectivity index (χ0v) is 10.8. The maximum atomic E-state index is 12.5. The molecule has 0 aliphatic rings. The maximum absolute atomic E-state index is 12.5. The first-order valence-electron chi connectivity index (χ1n) is 3.80. The van der Waals surface area contributed by atoms with Gasteiger partial charge in [0, 0.05) is 9.76 Å². The van der Waals surface area contributed by atoms with E-state index < -0.39 is 11.7 Å². The number of hydrogen-bond acceptors (Lipinski definition) is 0. The molecule has 0 radical (unpaired) electrons. The molecule has 0 amide bonds. The molecule has 0 bridgehead atoms. The van der Waals surface area contributed by atoms with Crippen molar-refractivity contribution in [3.05, 3.63) is 34.9 Å². The third-order valence-electron chi connectivity index (χ3n) is 1.78. The first kappa shape index (κ1) is 12.3. The lowest BCUT2D eigenvalue weighted by Crippen LogP contribution is -2.08. The van der Waals surface area contributed by atoms with Crippen molar-refractivity contribution >= 4 is 38.5 Å². The van der Waals surface area contributed by atoms with Crippen LogP contribution in [-0.2, 0) is 15.9 Å². The minimum Gasteiger partial charge on any atom is -0.166 e. The number of halogens is 5. The first-order valence-corrected chi connectivity index (χ1v) is 6.44. The molecule has 0 spiro atoms. The van der Waals surface area contributed by atoms with Gasteiger partial charge in [0.05, 0.1) is 5.56 Å². The fourth-order valence-electron chi connectivity index (χ4n) is 1.09. The van der Waals surface area contributed by atoms with Crippen molar-refractivity contribution in [2.24, 2.45) is 0 Å². The Hall–Kier alpha value is 0.220. The second kappa shape index (κ2) is 4.83. The van der Waals surface area contributed by atoms with E-state index in [0.29, 0.717) is 9.99 Å². The van der Waals surface area contributed by atoms with Crippen LogP contribution in [0.5, 0.6) is 0 Å². The van der Waals surface area contributed by atoms with Crippen LogP contribution in [0.3, 0.4) is 0 Å². The van der Waals surface area contributed by atoms with E-state index in [1.807, 2.05) is 22.6 Å². The Labute approximate surface area is 102 Å². The summed E-state index contributed by atoms with van der Waals surface area (Å²) in [4.78, 5) is 0. The van der Waals surface area contributed by atoms with Crippen LogP contribution in [0.1, 0.15) is 16.7 Å². The summed E-state index contributed by atoms with van der Waals surface area (Å²) >= 11 is 5.09. The number of hydrogen-bond donors (Lipinski definition) is 0. The van der Waals surface area contributed by atoms with Crippen LogP contribution in [-0.4, -0.2) is 0 Å². The molecule has 1 aromatic carbocycles. The average molecular weight is 379 g/mol. The van der Waals surface area contributed by atoms with Crippen molar-refractivity contribution in [2.75, 3.05) is 0 Å². The molecule has 0 atom stereocenters. The Morgan fingerprint density at radius 1 is 1.29 bits per heavy atom. The molecule has 0 aromatic heterocycles. The first-order chi connectivity index (χ1) is 6.49. The lowest BCUT2D eigenvalue weighted by molar-refractivity contribution is -0.138. The largest absolute Gasteiger partial charge is 0.416 e. The maximum Gasteiger partial charge on any atom is 0.416 e. The average Bonchev–Trinajstić information content (AvgIpc) is 2.15. The predicted octanol–water partition coefficient (Wildman–Crippen LogP) is 4.54. The molecule has 1 rings (SSSR count). The minimum atomic E-state index is -4.26. The predicted molar refractivity (Wildman–Crippen MR) is 61.8 cm³/mol. The summed E-state index contributed by atoms with van der Waals surface area (Å²) in [6, 6.07) is 4.45. The molecule has 0 saturated carbocycles. The standard InChI is InChI=1S/C9H7BrF3I/c10-4-7-2-1-6(5-14)3-8(7)9(11,12)13/h1-3H,4-5H2. The van der Waals surface area contributed by atoms with Gasteiger partial charge in [0.25, 0.3) is 0 Å². The second-order valence-electron chi connectivity index (χ2n) is 2.76. The van der Waals surface area contributed by atoms with E-state index in [4.69, 9.17) is 0 Å². The van der Waals surface area contributed by atoms with Gasteiger partial charge >= 0.3 is 6.18 Å². The van der Waals surface area contributed by atoms with Crippen LogP contribution in [0.4, 0.5) is 13.2 Å². The van der Waals surface area contributed by atoms with Crippen LogP contribution in [0, 0.1) is 0 Å². The van der Waals surface area contributed by atoms with Gasteiger partial charge in [-0.2, -0.15) is 13.2 Å². The summed E-state index contributed by atoms with van der Waals surface area (Å²) in [6.45, 7) is 0. The summed E-state index contributed by atoms with van der Waals surface area (Å²) in [5.74, 6) is 0. The minimum absolute atomic E-state index is 0.226. The molecule has 1 aromatic rings. The fourth-order valence-corrected chi connectivity index (χ4v) is 2.05. The van der Waals surface area contributed by atoms with E-state index in [1.165, 1.54) is 12.1 Å². The molecule has 0 heterocycles. The highest BCUT2D eigenvalue weighted by Gasteiger charge is 2.33. The van der Waals surface area contributed by atoms with Crippen LogP contribution < -0.4 is 0 Å². The quantitative estimate of drug-likeness (QED) is 0.523. The topological polar surface area (TPSA) is 0 Å². The molecule has 14 heavy (non-hydrogen) atoms. The van der Waals surface area contributed by atoms with E-state index >= 15 is 0 Å². The monoisotopic (exact) mass is 378 g/mol. The third kappa shape index (κ3) is 2.85. The number of rotatable bonds is 2. The van der Waals surface area contributed by atoms with E-state index in [2.05, 4.69) is 15.9 Å². The Kier molecular flexibility index (Phi) is 4.24. The summed E-state index contributed by atoms with van der Waals surface area (Å²) in [5, 5.41) is 0.226. The van der Waals surface area contributed by atoms with Gasteiger partial charge in [0.1, 0.15) is 0 Å². The summed E-state index contributed by atoms with van der Waals surface area (Å²) in [5.41, 5.74) is 0.442. The van der Waals surface area contributed by atoms with Gasteiger partial charge in [0.2, 0.25) is 0 Å². The van der Waals surface area contributed by atoms with Gasteiger partial charge in [-0.25, -0.2) is 0 Å². The lowest BCUT2D eigenvalue weighted by atomic mass is 10.1. The van der Waals surface area contributed by atoms with Crippen molar-refractivity contribution < 1.29 is 13.2 Å². The molecule has 0 fully saturated rings. The molecular formula is C9H7BrF3I. The Balaban J connectivity index is 3.22. The van der Waals surface area contributed by atoms with Gasteiger partial charge in [-0.1, -0.05) is 50.7 Å². The molecule has 0 nitrogen and oxygen atoms in total. The number of benzene rings is 1. The van der Waals surface area contributed by atoms with Gasteiger partial charge < -0.3 is 0 Å². The molecule has 78 valence electrons. The molecule has 0 aliphatic heterocycles. The van der Waals surface area contributed by atoms with Crippen molar-refractivity contribution in [3.63, 3.8) is 0 Å². The van der Waals surface area contributed by atoms with Gasteiger partial charge in [-0.05, 0) is 17.2 Å². The second-order valence-corrected chi connectivity index (χ2v) is 4.08. The van der Waals surface area contributed by atoms with Crippen LogP contribution in [0.2, 0.25) is 0 Å². The normalized spacial score (nSPS) is 11.8. The van der Waals surface area contributed by atoms with Crippen LogP contribution in [0.15, 0.2) is 18.2 Å². The highest BCUT2D eigenvalue weighted by molar-refractivity contribution is 14.1. The molecule has 0 unspecified atom stereocenters. The van der Waals surface area contributed by atoms with E-state index in [9.17, 15) is 13.2 Å². The lowest BCUT2D eigenvalue weighted by Gasteiger charge is -2.12. The molecule has 0 N–H and O–H groups in total. The van der Waals surface area contributed by atoms with E-state index in [-0.39, 0.29) is 10.9 Å². The zero-order chi connectivity index (χ0) is 10.8. The molecule has 0 saturated heterocycles. The Morgan fingerprint density at radius 2 is 1.93 bits per heavy atom.